The Kier molecular flexibility index (Phi) is 7.84. The molecule has 0 heterocycles. The van der Waals surface area contributed by atoms with E-state index in [9.17, 15) is 17.6 Å². The number of ether oxygens (including phenoxy) is 1. The number of carbonyl (C=O) groups is 1. The van der Waals surface area contributed by atoms with Gasteiger partial charge in [0.2, 0.25) is 10.0 Å². The Bertz CT molecular complexity index is 1180. The first-order chi connectivity index (χ1) is 15.2. The predicted molar refractivity (Wildman–Crippen MR) is 119 cm³/mol. The zero-order chi connectivity index (χ0) is 23.1. The number of carboxylic acids is 1. The molecule has 0 aliphatic heterocycles. The third-order valence-corrected chi connectivity index (χ3v) is 6.26. The van der Waals surface area contributed by atoms with Gasteiger partial charge in [0, 0.05) is 18.0 Å². The summed E-state index contributed by atoms with van der Waals surface area (Å²) >= 11 is 5.80. The highest BCUT2D eigenvalue weighted by molar-refractivity contribution is 7.89. The standard InChI is InChI=1S/C23H21ClFNO5S/c24-18-2-8-22(9-3-18)32(29,30)26-12-11-17-13-16(1-10-23(27)28)14-21(15-17)31-20-6-4-19(25)5-7-20/h2-9,13-15,26H,1,10-12H2,(H,27,28). The van der Waals surface area contributed by atoms with Crippen molar-refractivity contribution in [2.75, 3.05) is 6.54 Å². The molecular formula is C23H21ClFNO5S. The highest BCUT2D eigenvalue weighted by Crippen LogP contribution is 2.25. The molecule has 0 unspecified atom stereocenters. The number of hydrogen-bond acceptors (Lipinski definition) is 4. The smallest absolute Gasteiger partial charge is 0.303 e. The molecule has 0 amide bonds. The van der Waals surface area contributed by atoms with Crippen LogP contribution in [0.1, 0.15) is 17.5 Å². The number of hydrogen-bond donors (Lipinski definition) is 2. The molecule has 3 aromatic carbocycles. The summed E-state index contributed by atoms with van der Waals surface area (Å²) < 4.78 is 46.3. The van der Waals surface area contributed by atoms with E-state index in [1.807, 2.05) is 6.07 Å². The molecule has 0 atom stereocenters. The van der Waals surface area contributed by atoms with Gasteiger partial charge in [-0.25, -0.2) is 17.5 Å². The van der Waals surface area contributed by atoms with Gasteiger partial charge in [-0.15, -0.1) is 0 Å². The van der Waals surface area contributed by atoms with Crippen molar-refractivity contribution >= 4 is 27.6 Å². The van der Waals surface area contributed by atoms with E-state index >= 15 is 0 Å². The number of carboxylic acid groups (broad SMARTS) is 1. The van der Waals surface area contributed by atoms with Gasteiger partial charge in [0.05, 0.1) is 4.90 Å². The molecule has 168 valence electrons. The minimum atomic E-state index is -3.69. The van der Waals surface area contributed by atoms with Crippen LogP contribution in [0.4, 0.5) is 4.39 Å². The lowest BCUT2D eigenvalue weighted by Gasteiger charge is -2.12. The highest BCUT2D eigenvalue weighted by Gasteiger charge is 2.13. The van der Waals surface area contributed by atoms with E-state index < -0.39 is 16.0 Å². The zero-order valence-corrected chi connectivity index (χ0v) is 18.5. The molecule has 0 aliphatic carbocycles. The lowest BCUT2D eigenvalue weighted by Crippen LogP contribution is -2.26. The first-order valence-electron chi connectivity index (χ1n) is 9.74. The van der Waals surface area contributed by atoms with Gasteiger partial charge in [0.25, 0.3) is 0 Å². The summed E-state index contributed by atoms with van der Waals surface area (Å²) in [4.78, 5) is 11.1. The van der Waals surface area contributed by atoms with Crippen LogP contribution in [-0.4, -0.2) is 26.0 Å². The fourth-order valence-electron chi connectivity index (χ4n) is 2.99. The van der Waals surface area contributed by atoms with E-state index in [0.717, 1.165) is 11.1 Å². The van der Waals surface area contributed by atoms with Gasteiger partial charge < -0.3 is 9.84 Å². The maximum absolute atomic E-state index is 13.1. The Balaban J connectivity index is 1.73. The lowest BCUT2D eigenvalue weighted by atomic mass is 10.0. The topological polar surface area (TPSA) is 92.7 Å². The molecule has 0 bridgehead atoms. The average Bonchev–Trinajstić information content (AvgIpc) is 2.74. The van der Waals surface area contributed by atoms with Crippen LogP contribution in [0.15, 0.2) is 71.6 Å². The van der Waals surface area contributed by atoms with Gasteiger partial charge in [0.1, 0.15) is 17.3 Å². The molecule has 9 heteroatoms. The third kappa shape index (κ3) is 7.05. The Morgan fingerprint density at radius 1 is 0.938 bits per heavy atom. The van der Waals surface area contributed by atoms with Crippen LogP contribution in [0.3, 0.4) is 0 Å². The maximum atomic E-state index is 13.1. The van der Waals surface area contributed by atoms with E-state index in [0.29, 0.717) is 29.4 Å². The molecule has 6 nitrogen and oxygen atoms in total. The van der Waals surface area contributed by atoms with Crippen molar-refractivity contribution in [2.45, 2.75) is 24.2 Å². The predicted octanol–water partition coefficient (Wildman–Crippen LogP) is 4.81. The molecule has 3 rings (SSSR count). The van der Waals surface area contributed by atoms with Crippen LogP contribution in [-0.2, 0) is 27.7 Å². The van der Waals surface area contributed by atoms with Gasteiger partial charge in [-0.3, -0.25) is 4.79 Å². The van der Waals surface area contributed by atoms with E-state index in [4.69, 9.17) is 21.4 Å². The Hall–Kier alpha value is -2.94. The van der Waals surface area contributed by atoms with Gasteiger partial charge in [0.15, 0.2) is 0 Å². The van der Waals surface area contributed by atoms with Crippen molar-refractivity contribution in [3.63, 3.8) is 0 Å². The first-order valence-corrected chi connectivity index (χ1v) is 11.6. The summed E-state index contributed by atoms with van der Waals surface area (Å²) in [5.41, 5.74) is 1.51. The largest absolute Gasteiger partial charge is 0.481 e. The SMILES string of the molecule is O=C(O)CCc1cc(CCNS(=O)(=O)c2ccc(Cl)cc2)cc(Oc2ccc(F)cc2)c1. The average molecular weight is 478 g/mol. The summed E-state index contributed by atoms with van der Waals surface area (Å²) in [6.45, 7) is 0.128. The van der Waals surface area contributed by atoms with Gasteiger partial charge in [-0.05, 0) is 84.6 Å². The van der Waals surface area contributed by atoms with Crippen molar-refractivity contribution in [2.24, 2.45) is 0 Å². The van der Waals surface area contributed by atoms with Crippen LogP contribution in [0.5, 0.6) is 11.5 Å². The molecule has 0 saturated heterocycles. The molecular weight excluding hydrogens is 457 g/mol. The minimum absolute atomic E-state index is 0.0529. The van der Waals surface area contributed by atoms with Crippen molar-refractivity contribution in [1.82, 2.24) is 4.72 Å². The lowest BCUT2D eigenvalue weighted by molar-refractivity contribution is -0.136. The summed E-state index contributed by atoms with van der Waals surface area (Å²) in [5.74, 6) is -0.431. The van der Waals surface area contributed by atoms with Gasteiger partial charge in [-0.1, -0.05) is 17.7 Å². The van der Waals surface area contributed by atoms with Gasteiger partial charge >= 0.3 is 5.97 Å². The molecule has 32 heavy (non-hydrogen) atoms. The quantitative estimate of drug-likeness (QED) is 0.437. The van der Waals surface area contributed by atoms with E-state index in [1.54, 1.807) is 12.1 Å². The highest BCUT2D eigenvalue weighted by atomic mass is 35.5. The van der Waals surface area contributed by atoms with Crippen LogP contribution in [0.25, 0.3) is 0 Å². The Labute approximate surface area is 190 Å². The van der Waals surface area contributed by atoms with Crippen LogP contribution < -0.4 is 9.46 Å². The second-order valence-electron chi connectivity index (χ2n) is 7.04. The van der Waals surface area contributed by atoms with E-state index in [2.05, 4.69) is 4.72 Å². The molecule has 0 radical (unpaired) electrons. The summed E-state index contributed by atoms with van der Waals surface area (Å²) in [5, 5.41) is 9.42. The van der Waals surface area contributed by atoms with Crippen LogP contribution in [0.2, 0.25) is 5.02 Å². The number of halogens is 2. The Morgan fingerprint density at radius 3 is 2.19 bits per heavy atom. The molecule has 0 spiro atoms. The number of benzene rings is 3. The van der Waals surface area contributed by atoms with E-state index in [1.165, 1.54) is 48.5 Å². The monoisotopic (exact) mass is 477 g/mol. The molecule has 3 aromatic rings. The van der Waals surface area contributed by atoms with Crippen molar-refractivity contribution in [3.8, 4) is 11.5 Å². The maximum Gasteiger partial charge on any atom is 0.303 e. The van der Waals surface area contributed by atoms with Crippen molar-refractivity contribution in [3.05, 3.63) is 88.7 Å². The summed E-state index contributed by atoms with van der Waals surface area (Å²) in [6.07, 6.45) is 0.593. The van der Waals surface area contributed by atoms with Crippen molar-refractivity contribution < 1.29 is 27.4 Å². The summed E-state index contributed by atoms with van der Waals surface area (Å²) in [7, 11) is -3.69. The number of aliphatic carboxylic acids is 1. The number of rotatable bonds is 10. The minimum Gasteiger partial charge on any atom is -0.481 e. The second-order valence-corrected chi connectivity index (χ2v) is 9.24. The summed E-state index contributed by atoms with van der Waals surface area (Å²) in [6, 6.07) is 16.6. The van der Waals surface area contributed by atoms with Crippen LogP contribution in [0, 0.1) is 5.82 Å². The molecule has 0 aliphatic rings. The number of aryl methyl sites for hydroxylation is 1. The Morgan fingerprint density at radius 2 is 1.56 bits per heavy atom. The third-order valence-electron chi connectivity index (χ3n) is 4.53. The molecule has 0 saturated carbocycles. The van der Waals surface area contributed by atoms with Gasteiger partial charge in [-0.2, -0.15) is 0 Å². The first kappa shape index (κ1) is 23.7. The van der Waals surface area contributed by atoms with Crippen molar-refractivity contribution in [1.29, 1.82) is 0 Å². The second kappa shape index (κ2) is 10.6. The number of sulfonamides is 1. The fourth-order valence-corrected chi connectivity index (χ4v) is 4.15. The molecule has 0 fully saturated rings. The zero-order valence-electron chi connectivity index (χ0n) is 16.9. The fraction of sp³-hybridized carbons (Fsp3) is 0.174. The molecule has 0 aromatic heterocycles. The van der Waals surface area contributed by atoms with E-state index in [-0.39, 0.29) is 23.7 Å². The molecule has 2 N–H and O–H groups in total. The van der Waals surface area contributed by atoms with Crippen LogP contribution >= 0.6 is 11.6 Å². The normalized spacial score (nSPS) is 11.3. The number of nitrogens with one attached hydrogen (secondary N) is 1.